The summed E-state index contributed by atoms with van der Waals surface area (Å²) in [5, 5.41) is 10.3. The summed E-state index contributed by atoms with van der Waals surface area (Å²) in [5.41, 5.74) is 5.67. The van der Waals surface area contributed by atoms with Gasteiger partial charge in [0, 0.05) is 19.2 Å². The second-order valence-electron chi connectivity index (χ2n) is 5.81. The van der Waals surface area contributed by atoms with E-state index in [0.29, 0.717) is 11.9 Å². The molecule has 6 nitrogen and oxygen atoms in total. The van der Waals surface area contributed by atoms with Gasteiger partial charge in [0.05, 0.1) is 18.3 Å². The number of anilines is 1. The second-order valence-corrected chi connectivity index (χ2v) is 5.81. The molecule has 1 saturated heterocycles. The van der Waals surface area contributed by atoms with Crippen molar-refractivity contribution in [2.75, 3.05) is 18.4 Å². The normalized spacial score (nSPS) is 18.2. The van der Waals surface area contributed by atoms with Crippen molar-refractivity contribution in [2.45, 2.75) is 32.9 Å². The van der Waals surface area contributed by atoms with Crippen molar-refractivity contribution in [3.05, 3.63) is 12.3 Å². The minimum absolute atomic E-state index is 0.170. The Morgan fingerprint density at radius 2 is 2.28 bits per heavy atom. The number of amides is 1. The Balaban J connectivity index is 2.05. The molecule has 6 heteroatoms. The van der Waals surface area contributed by atoms with Gasteiger partial charge in [-0.15, -0.1) is 0 Å². The molecule has 1 aliphatic heterocycles. The highest BCUT2D eigenvalue weighted by Crippen LogP contribution is 2.21. The Labute approximate surface area is 107 Å². The number of aromatic nitrogens is 2. The van der Waals surface area contributed by atoms with Gasteiger partial charge in [0.2, 0.25) is 5.91 Å². The summed E-state index contributed by atoms with van der Waals surface area (Å²) in [7, 11) is 0. The van der Waals surface area contributed by atoms with Gasteiger partial charge in [-0.05, 0) is 5.41 Å². The molecule has 0 bridgehead atoms. The van der Waals surface area contributed by atoms with Crippen LogP contribution in [0.15, 0.2) is 12.3 Å². The van der Waals surface area contributed by atoms with Crippen molar-refractivity contribution in [1.29, 1.82) is 0 Å². The van der Waals surface area contributed by atoms with Crippen molar-refractivity contribution in [3.63, 3.8) is 0 Å². The van der Waals surface area contributed by atoms with E-state index in [1.165, 1.54) is 0 Å². The third-order valence-corrected chi connectivity index (χ3v) is 3.24. The summed E-state index contributed by atoms with van der Waals surface area (Å²) < 4.78 is 1.84. The zero-order chi connectivity index (χ0) is 13.3. The Hall–Kier alpha value is -1.40. The van der Waals surface area contributed by atoms with E-state index in [-0.39, 0.29) is 11.3 Å². The van der Waals surface area contributed by atoms with Crippen molar-refractivity contribution >= 4 is 11.7 Å². The number of hydrogen-bond donors (Lipinski definition) is 3. The molecule has 0 radical (unpaired) electrons. The molecule has 0 spiro atoms. The first kappa shape index (κ1) is 13.0. The third kappa shape index (κ3) is 2.54. The van der Waals surface area contributed by atoms with Gasteiger partial charge in [0.1, 0.15) is 5.82 Å². The van der Waals surface area contributed by atoms with Crippen molar-refractivity contribution in [2.24, 2.45) is 11.1 Å². The van der Waals surface area contributed by atoms with E-state index in [0.717, 1.165) is 13.1 Å². The van der Waals surface area contributed by atoms with E-state index in [2.05, 4.69) is 15.7 Å². The largest absolute Gasteiger partial charge is 0.319 e. The van der Waals surface area contributed by atoms with Crippen LogP contribution in [0.5, 0.6) is 0 Å². The van der Waals surface area contributed by atoms with Crippen LogP contribution in [0.2, 0.25) is 0 Å². The summed E-state index contributed by atoms with van der Waals surface area (Å²) in [4.78, 5) is 12.0. The van der Waals surface area contributed by atoms with Crippen molar-refractivity contribution in [1.82, 2.24) is 15.1 Å². The maximum atomic E-state index is 12.0. The lowest BCUT2D eigenvalue weighted by Crippen LogP contribution is -2.47. The SMILES string of the molecule is CC(C)(C)[C@@H](N)C(=O)Nc1ccnn1C1CNC1. The molecule has 1 amide bonds. The molecule has 1 aliphatic rings. The van der Waals surface area contributed by atoms with Gasteiger partial charge in [-0.25, -0.2) is 4.68 Å². The zero-order valence-electron chi connectivity index (χ0n) is 11.1. The molecule has 0 saturated carbocycles. The number of nitrogens with one attached hydrogen (secondary N) is 2. The molecule has 2 heterocycles. The average Bonchev–Trinajstić information content (AvgIpc) is 2.61. The fourth-order valence-corrected chi connectivity index (χ4v) is 1.75. The molecule has 1 atom stereocenters. The van der Waals surface area contributed by atoms with Crippen LogP contribution in [0.25, 0.3) is 0 Å². The Bertz CT molecular complexity index is 430. The molecule has 0 unspecified atom stereocenters. The van der Waals surface area contributed by atoms with Crippen LogP contribution in [0.4, 0.5) is 5.82 Å². The lowest BCUT2D eigenvalue weighted by molar-refractivity contribution is -0.119. The molecule has 1 fully saturated rings. The quantitative estimate of drug-likeness (QED) is 0.723. The number of rotatable bonds is 3. The van der Waals surface area contributed by atoms with Gasteiger partial charge in [-0.2, -0.15) is 5.10 Å². The van der Waals surface area contributed by atoms with Crippen LogP contribution in [0.3, 0.4) is 0 Å². The lowest BCUT2D eigenvalue weighted by Gasteiger charge is -2.30. The van der Waals surface area contributed by atoms with Crippen molar-refractivity contribution in [3.8, 4) is 0 Å². The van der Waals surface area contributed by atoms with Gasteiger partial charge in [0.25, 0.3) is 0 Å². The van der Waals surface area contributed by atoms with Crippen LogP contribution in [0.1, 0.15) is 26.8 Å². The van der Waals surface area contributed by atoms with E-state index < -0.39 is 6.04 Å². The zero-order valence-corrected chi connectivity index (χ0v) is 11.1. The highest BCUT2D eigenvalue weighted by molar-refractivity contribution is 5.94. The Morgan fingerprint density at radius 3 is 2.78 bits per heavy atom. The average molecular weight is 251 g/mol. The Morgan fingerprint density at radius 1 is 1.61 bits per heavy atom. The molecule has 2 rings (SSSR count). The topological polar surface area (TPSA) is 85.0 Å². The fraction of sp³-hybridized carbons (Fsp3) is 0.667. The number of nitrogens with zero attached hydrogens (tertiary/aromatic N) is 2. The second kappa shape index (κ2) is 4.70. The minimum atomic E-state index is -0.541. The first-order valence-electron chi connectivity index (χ1n) is 6.20. The van der Waals surface area contributed by atoms with Gasteiger partial charge in [-0.1, -0.05) is 20.8 Å². The summed E-state index contributed by atoms with van der Waals surface area (Å²) >= 11 is 0. The number of hydrogen-bond acceptors (Lipinski definition) is 4. The van der Waals surface area contributed by atoms with E-state index in [1.807, 2.05) is 25.5 Å². The molecule has 1 aromatic heterocycles. The molecule has 0 aromatic carbocycles. The highest BCUT2D eigenvalue weighted by atomic mass is 16.2. The summed E-state index contributed by atoms with van der Waals surface area (Å²) in [6.07, 6.45) is 1.69. The minimum Gasteiger partial charge on any atom is -0.319 e. The first-order chi connectivity index (χ1) is 8.39. The van der Waals surface area contributed by atoms with E-state index in [1.54, 1.807) is 12.3 Å². The summed E-state index contributed by atoms with van der Waals surface area (Å²) in [6, 6.07) is 1.58. The van der Waals surface area contributed by atoms with Gasteiger partial charge < -0.3 is 16.4 Å². The number of carbonyl (C=O) groups excluding carboxylic acids is 1. The summed E-state index contributed by atoms with van der Waals surface area (Å²) in [5.74, 6) is 0.544. The molecule has 18 heavy (non-hydrogen) atoms. The number of nitrogens with two attached hydrogens (primary N) is 1. The maximum Gasteiger partial charge on any atom is 0.242 e. The maximum absolute atomic E-state index is 12.0. The molecular weight excluding hydrogens is 230 g/mol. The predicted molar refractivity (Wildman–Crippen MR) is 70.2 cm³/mol. The summed E-state index contributed by atoms with van der Waals surface area (Å²) in [6.45, 7) is 7.62. The van der Waals surface area contributed by atoms with Gasteiger partial charge >= 0.3 is 0 Å². The van der Waals surface area contributed by atoms with E-state index in [9.17, 15) is 4.79 Å². The third-order valence-electron chi connectivity index (χ3n) is 3.24. The van der Waals surface area contributed by atoms with Crippen LogP contribution in [-0.4, -0.2) is 34.8 Å². The van der Waals surface area contributed by atoms with Crippen LogP contribution in [0, 0.1) is 5.41 Å². The molecule has 1 aromatic rings. The van der Waals surface area contributed by atoms with Gasteiger partial charge in [-0.3, -0.25) is 4.79 Å². The molecule has 0 aliphatic carbocycles. The fourth-order valence-electron chi connectivity index (χ4n) is 1.75. The van der Waals surface area contributed by atoms with Crippen LogP contribution >= 0.6 is 0 Å². The van der Waals surface area contributed by atoms with E-state index in [4.69, 9.17) is 5.73 Å². The van der Waals surface area contributed by atoms with Crippen molar-refractivity contribution < 1.29 is 4.79 Å². The highest BCUT2D eigenvalue weighted by Gasteiger charge is 2.29. The monoisotopic (exact) mass is 251 g/mol. The molecule has 100 valence electrons. The molecular formula is C12H21N5O. The van der Waals surface area contributed by atoms with Crippen LogP contribution in [-0.2, 0) is 4.79 Å². The molecule has 4 N–H and O–H groups in total. The Kier molecular flexibility index (Phi) is 3.41. The number of carbonyl (C=O) groups is 1. The smallest absolute Gasteiger partial charge is 0.242 e. The lowest BCUT2D eigenvalue weighted by atomic mass is 9.87. The van der Waals surface area contributed by atoms with Crippen LogP contribution < -0.4 is 16.4 Å². The predicted octanol–water partition coefficient (Wildman–Crippen LogP) is 0.339. The van der Waals surface area contributed by atoms with E-state index >= 15 is 0 Å². The first-order valence-corrected chi connectivity index (χ1v) is 6.20. The standard InChI is InChI=1S/C12H21N5O/c1-12(2,3)10(13)11(18)16-9-4-5-15-17(9)8-6-14-7-8/h4-5,8,10,14H,6-7,13H2,1-3H3,(H,16,18)/t10-/m0/s1. The van der Waals surface area contributed by atoms with Gasteiger partial charge in [0.15, 0.2) is 0 Å².